The van der Waals surface area contributed by atoms with Crippen LogP contribution in [-0.4, -0.2) is 11.7 Å². The average molecular weight is 166 g/mol. The summed E-state index contributed by atoms with van der Waals surface area (Å²) in [6, 6.07) is 5.24. The second kappa shape index (κ2) is 3.56. The molecule has 0 aliphatic carbocycles. The number of hydrogen-bond acceptors (Lipinski definition) is 3. The van der Waals surface area contributed by atoms with Crippen molar-refractivity contribution in [2.75, 3.05) is 12.3 Å². The molecule has 1 rings (SSSR count). The minimum absolute atomic E-state index is 0.0383. The number of aliphatic hydroxyl groups excluding tert-OH is 1. The fraction of sp³-hybridized carbons (Fsp3) is 0.333. The van der Waals surface area contributed by atoms with Gasteiger partial charge in [0.15, 0.2) is 0 Å². The van der Waals surface area contributed by atoms with Gasteiger partial charge in [-0.2, -0.15) is 0 Å². The maximum absolute atomic E-state index is 8.79. The molecule has 5 N–H and O–H groups in total. The molecule has 0 spiro atoms. The van der Waals surface area contributed by atoms with Crippen LogP contribution in [0.5, 0.6) is 0 Å². The van der Waals surface area contributed by atoms with Gasteiger partial charge in [0.05, 0.1) is 12.6 Å². The molecule has 0 aliphatic heterocycles. The summed E-state index contributed by atoms with van der Waals surface area (Å²) in [5, 5.41) is 8.79. The number of nitrogens with two attached hydrogens (primary N) is 2. The summed E-state index contributed by atoms with van der Waals surface area (Å²) < 4.78 is 0. The van der Waals surface area contributed by atoms with E-state index in [1.807, 2.05) is 19.1 Å². The number of aryl methyl sites for hydroxylation is 1. The molecular weight excluding hydrogens is 152 g/mol. The van der Waals surface area contributed by atoms with Gasteiger partial charge in [0.1, 0.15) is 0 Å². The van der Waals surface area contributed by atoms with E-state index < -0.39 is 0 Å². The number of nitrogen functional groups attached to an aromatic ring is 1. The van der Waals surface area contributed by atoms with E-state index in [4.69, 9.17) is 16.6 Å². The highest BCUT2D eigenvalue weighted by atomic mass is 16.3. The third kappa shape index (κ3) is 1.75. The summed E-state index contributed by atoms with van der Waals surface area (Å²) >= 11 is 0. The summed E-state index contributed by atoms with van der Waals surface area (Å²) in [7, 11) is 0. The Balaban J connectivity index is 2.96. The summed E-state index contributed by atoms with van der Waals surface area (Å²) in [5.41, 5.74) is 13.9. The van der Waals surface area contributed by atoms with Crippen LogP contribution in [0, 0.1) is 6.92 Å². The Labute approximate surface area is 72.0 Å². The van der Waals surface area contributed by atoms with Gasteiger partial charge < -0.3 is 16.6 Å². The zero-order valence-electron chi connectivity index (χ0n) is 7.12. The van der Waals surface area contributed by atoms with Crippen LogP contribution >= 0.6 is 0 Å². The highest BCUT2D eigenvalue weighted by molar-refractivity contribution is 5.48. The smallest absolute Gasteiger partial charge is 0.0624 e. The molecular formula is C9H14N2O. The Hall–Kier alpha value is -1.06. The molecule has 1 aromatic rings. The minimum atomic E-state index is -0.302. The van der Waals surface area contributed by atoms with Gasteiger partial charge in [-0.25, -0.2) is 0 Å². The molecule has 12 heavy (non-hydrogen) atoms. The van der Waals surface area contributed by atoms with Gasteiger partial charge in [-0.3, -0.25) is 0 Å². The molecule has 0 bridgehead atoms. The fourth-order valence-electron chi connectivity index (χ4n) is 1.03. The molecule has 3 nitrogen and oxygen atoms in total. The number of rotatable bonds is 2. The topological polar surface area (TPSA) is 72.3 Å². The molecule has 3 heteroatoms. The highest BCUT2D eigenvalue weighted by Gasteiger charge is 2.04. The molecule has 1 atom stereocenters. The molecule has 0 heterocycles. The van der Waals surface area contributed by atoms with Crippen LogP contribution in [0.15, 0.2) is 18.2 Å². The van der Waals surface area contributed by atoms with Crippen molar-refractivity contribution in [3.05, 3.63) is 29.3 Å². The molecule has 0 aromatic heterocycles. The van der Waals surface area contributed by atoms with Gasteiger partial charge in [0, 0.05) is 5.69 Å². The molecule has 0 radical (unpaired) electrons. The largest absolute Gasteiger partial charge is 0.399 e. The van der Waals surface area contributed by atoms with Crippen molar-refractivity contribution >= 4 is 5.69 Å². The van der Waals surface area contributed by atoms with E-state index in [0.717, 1.165) is 16.8 Å². The molecule has 1 aromatic carbocycles. The highest BCUT2D eigenvalue weighted by Crippen LogP contribution is 2.16. The molecule has 0 amide bonds. The monoisotopic (exact) mass is 166 g/mol. The zero-order valence-corrected chi connectivity index (χ0v) is 7.12. The second-order valence-corrected chi connectivity index (χ2v) is 2.91. The van der Waals surface area contributed by atoms with Gasteiger partial charge in [-0.05, 0) is 24.1 Å². The third-order valence-corrected chi connectivity index (χ3v) is 1.92. The van der Waals surface area contributed by atoms with Gasteiger partial charge >= 0.3 is 0 Å². The number of aliphatic hydroxyl groups is 1. The van der Waals surface area contributed by atoms with Gasteiger partial charge in [-0.1, -0.05) is 12.1 Å². The lowest BCUT2D eigenvalue weighted by Crippen LogP contribution is -2.14. The average Bonchev–Trinajstić information content (AvgIpc) is 2.08. The predicted molar refractivity (Wildman–Crippen MR) is 49.6 cm³/mol. The van der Waals surface area contributed by atoms with Crippen LogP contribution in [0.25, 0.3) is 0 Å². The summed E-state index contributed by atoms with van der Waals surface area (Å²) in [6.45, 7) is 1.88. The first-order chi connectivity index (χ1) is 5.65. The van der Waals surface area contributed by atoms with Gasteiger partial charge in [0.2, 0.25) is 0 Å². The van der Waals surface area contributed by atoms with Crippen LogP contribution in [0.1, 0.15) is 17.2 Å². The molecule has 0 aliphatic rings. The van der Waals surface area contributed by atoms with Crippen LogP contribution < -0.4 is 11.5 Å². The molecule has 0 unspecified atom stereocenters. The third-order valence-electron chi connectivity index (χ3n) is 1.92. The lowest BCUT2D eigenvalue weighted by atomic mass is 10.0. The van der Waals surface area contributed by atoms with Crippen molar-refractivity contribution in [3.8, 4) is 0 Å². The molecule has 66 valence electrons. The van der Waals surface area contributed by atoms with E-state index in [2.05, 4.69) is 0 Å². The standard InChI is InChI=1S/C9H14N2O/c1-6-4-7(9(11)5-12)2-3-8(6)10/h2-4,9,12H,5,10-11H2,1H3/t9-/m1/s1. The first kappa shape index (κ1) is 9.03. The zero-order chi connectivity index (χ0) is 9.14. The SMILES string of the molecule is Cc1cc([C@H](N)CO)ccc1N. The van der Waals surface area contributed by atoms with Crippen molar-refractivity contribution in [2.45, 2.75) is 13.0 Å². The minimum Gasteiger partial charge on any atom is -0.399 e. The van der Waals surface area contributed by atoms with E-state index >= 15 is 0 Å². The Morgan fingerprint density at radius 2 is 2.17 bits per heavy atom. The molecule has 0 saturated heterocycles. The van der Waals surface area contributed by atoms with Crippen molar-refractivity contribution in [3.63, 3.8) is 0 Å². The number of benzene rings is 1. The van der Waals surface area contributed by atoms with Crippen molar-refractivity contribution in [1.82, 2.24) is 0 Å². The Morgan fingerprint density at radius 1 is 1.50 bits per heavy atom. The maximum Gasteiger partial charge on any atom is 0.0624 e. The number of hydrogen-bond donors (Lipinski definition) is 3. The van der Waals surface area contributed by atoms with E-state index in [1.165, 1.54) is 0 Å². The normalized spacial score (nSPS) is 12.9. The van der Waals surface area contributed by atoms with Gasteiger partial charge in [0.25, 0.3) is 0 Å². The summed E-state index contributed by atoms with van der Waals surface area (Å²) in [5.74, 6) is 0. The Morgan fingerprint density at radius 3 is 2.67 bits per heavy atom. The maximum atomic E-state index is 8.79. The van der Waals surface area contributed by atoms with Crippen molar-refractivity contribution < 1.29 is 5.11 Å². The Bertz CT molecular complexity index is 273. The Kier molecular flexibility index (Phi) is 2.68. The quantitative estimate of drug-likeness (QED) is 0.562. The van der Waals surface area contributed by atoms with Crippen molar-refractivity contribution in [2.24, 2.45) is 5.73 Å². The van der Waals surface area contributed by atoms with Crippen LogP contribution in [0.3, 0.4) is 0 Å². The van der Waals surface area contributed by atoms with Crippen LogP contribution in [-0.2, 0) is 0 Å². The first-order valence-electron chi connectivity index (χ1n) is 3.87. The van der Waals surface area contributed by atoms with E-state index in [9.17, 15) is 0 Å². The first-order valence-corrected chi connectivity index (χ1v) is 3.87. The fourth-order valence-corrected chi connectivity index (χ4v) is 1.03. The lowest BCUT2D eigenvalue weighted by Gasteiger charge is -2.09. The van der Waals surface area contributed by atoms with Crippen molar-refractivity contribution in [1.29, 1.82) is 0 Å². The summed E-state index contributed by atoms with van der Waals surface area (Å²) in [6.07, 6.45) is 0. The van der Waals surface area contributed by atoms with Crippen LogP contribution in [0.4, 0.5) is 5.69 Å². The van der Waals surface area contributed by atoms with Gasteiger partial charge in [-0.15, -0.1) is 0 Å². The molecule has 0 saturated carbocycles. The second-order valence-electron chi connectivity index (χ2n) is 2.91. The van der Waals surface area contributed by atoms with E-state index in [1.54, 1.807) is 6.07 Å². The predicted octanol–water partition coefficient (Wildman–Crippen LogP) is 0.569. The summed E-state index contributed by atoms with van der Waals surface area (Å²) in [4.78, 5) is 0. The van der Waals surface area contributed by atoms with Crippen LogP contribution in [0.2, 0.25) is 0 Å². The number of anilines is 1. The molecule has 0 fully saturated rings. The van der Waals surface area contributed by atoms with E-state index in [0.29, 0.717) is 0 Å². The van der Waals surface area contributed by atoms with E-state index in [-0.39, 0.29) is 12.6 Å². The lowest BCUT2D eigenvalue weighted by molar-refractivity contribution is 0.268.